The molecule has 1 aliphatic heterocycles. The lowest BCUT2D eigenvalue weighted by Crippen LogP contribution is -2.44. The average Bonchev–Trinajstić information content (AvgIpc) is 2.50. The van der Waals surface area contributed by atoms with Crippen LogP contribution in [0.2, 0.25) is 0 Å². The van der Waals surface area contributed by atoms with Gasteiger partial charge in [-0.15, -0.1) is 0 Å². The Labute approximate surface area is 122 Å². The molecule has 0 aliphatic carbocycles. The average molecular weight is 290 g/mol. The maximum absolute atomic E-state index is 12.1. The number of pyridine rings is 1. The van der Waals surface area contributed by atoms with Crippen molar-refractivity contribution in [1.82, 2.24) is 15.3 Å². The SMILES string of the molecule is CN1N=C(C(=O)NC(CO)Cc2ccncc2)CCC1=O. The van der Waals surface area contributed by atoms with Gasteiger partial charge in [-0.3, -0.25) is 14.6 Å². The number of amides is 2. The lowest BCUT2D eigenvalue weighted by Gasteiger charge is -2.21. The van der Waals surface area contributed by atoms with Gasteiger partial charge >= 0.3 is 0 Å². The van der Waals surface area contributed by atoms with E-state index in [1.54, 1.807) is 12.4 Å². The monoisotopic (exact) mass is 290 g/mol. The minimum absolute atomic E-state index is 0.109. The van der Waals surface area contributed by atoms with Crippen LogP contribution in [-0.4, -0.2) is 52.3 Å². The van der Waals surface area contributed by atoms with Crippen molar-refractivity contribution in [3.8, 4) is 0 Å². The van der Waals surface area contributed by atoms with Crippen LogP contribution in [-0.2, 0) is 16.0 Å². The Bertz CT molecular complexity index is 544. The molecule has 1 unspecified atom stereocenters. The molecule has 0 saturated heterocycles. The highest BCUT2D eigenvalue weighted by Gasteiger charge is 2.23. The highest BCUT2D eigenvalue weighted by molar-refractivity contribution is 6.39. The smallest absolute Gasteiger partial charge is 0.267 e. The van der Waals surface area contributed by atoms with Gasteiger partial charge in [0, 0.05) is 32.3 Å². The molecule has 0 radical (unpaired) electrons. The second-order valence-electron chi connectivity index (χ2n) is 4.88. The van der Waals surface area contributed by atoms with Crippen LogP contribution < -0.4 is 5.32 Å². The molecule has 7 nitrogen and oxygen atoms in total. The third-order valence-corrected chi connectivity index (χ3v) is 3.26. The summed E-state index contributed by atoms with van der Waals surface area (Å²) < 4.78 is 0. The fourth-order valence-electron chi connectivity index (χ4n) is 2.07. The number of aliphatic hydroxyl groups excluding tert-OH is 1. The van der Waals surface area contributed by atoms with Gasteiger partial charge in [0.1, 0.15) is 5.71 Å². The first-order valence-electron chi connectivity index (χ1n) is 6.75. The number of carbonyl (C=O) groups is 2. The molecule has 1 aliphatic rings. The van der Waals surface area contributed by atoms with Gasteiger partial charge in [0.25, 0.3) is 5.91 Å². The molecule has 7 heteroatoms. The molecule has 2 heterocycles. The maximum Gasteiger partial charge on any atom is 0.267 e. The van der Waals surface area contributed by atoms with Gasteiger partial charge < -0.3 is 10.4 Å². The number of hydrogen-bond acceptors (Lipinski definition) is 5. The first-order chi connectivity index (χ1) is 10.1. The number of hydrogen-bond donors (Lipinski definition) is 2. The summed E-state index contributed by atoms with van der Waals surface area (Å²) in [5, 5.41) is 17.3. The van der Waals surface area contributed by atoms with Crippen LogP contribution in [0.4, 0.5) is 0 Å². The first-order valence-corrected chi connectivity index (χ1v) is 6.75. The van der Waals surface area contributed by atoms with Gasteiger partial charge in [-0.1, -0.05) is 0 Å². The van der Waals surface area contributed by atoms with Crippen LogP contribution in [0, 0.1) is 0 Å². The molecule has 0 spiro atoms. The quantitative estimate of drug-likeness (QED) is 0.779. The number of aliphatic hydroxyl groups is 1. The molecule has 1 aromatic rings. The summed E-state index contributed by atoms with van der Waals surface area (Å²) in [4.78, 5) is 27.4. The number of carbonyl (C=O) groups excluding carboxylic acids is 2. The molecule has 2 rings (SSSR count). The van der Waals surface area contributed by atoms with Crippen LogP contribution >= 0.6 is 0 Å². The molecule has 1 atom stereocenters. The van der Waals surface area contributed by atoms with Crippen molar-refractivity contribution in [2.24, 2.45) is 5.10 Å². The van der Waals surface area contributed by atoms with Crippen LogP contribution in [0.3, 0.4) is 0 Å². The van der Waals surface area contributed by atoms with Crippen LogP contribution in [0.1, 0.15) is 18.4 Å². The predicted molar refractivity (Wildman–Crippen MR) is 76.4 cm³/mol. The summed E-state index contributed by atoms with van der Waals surface area (Å²) in [6.45, 7) is -0.171. The molecule has 0 bridgehead atoms. The Morgan fingerprint density at radius 1 is 1.43 bits per heavy atom. The largest absolute Gasteiger partial charge is 0.394 e. The highest BCUT2D eigenvalue weighted by Crippen LogP contribution is 2.08. The molecular weight excluding hydrogens is 272 g/mol. The second kappa shape index (κ2) is 6.94. The van der Waals surface area contributed by atoms with Gasteiger partial charge in [0.05, 0.1) is 12.6 Å². The van der Waals surface area contributed by atoms with Crippen molar-refractivity contribution < 1.29 is 14.7 Å². The molecule has 1 aromatic heterocycles. The second-order valence-corrected chi connectivity index (χ2v) is 4.88. The third-order valence-electron chi connectivity index (χ3n) is 3.26. The number of nitrogens with one attached hydrogen (secondary N) is 1. The summed E-state index contributed by atoms with van der Waals surface area (Å²) in [5.74, 6) is -0.454. The van der Waals surface area contributed by atoms with Crippen molar-refractivity contribution in [2.75, 3.05) is 13.7 Å². The summed E-state index contributed by atoms with van der Waals surface area (Å²) in [6, 6.07) is 3.27. The fraction of sp³-hybridized carbons (Fsp3) is 0.429. The Morgan fingerprint density at radius 3 is 2.76 bits per heavy atom. The predicted octanol–water partition coefficient (Wildman–Crippen LogP) is -0.291. The normalized spacial score (nSPS) is 16.4. The zero-order chi connectivity index (χ0) is 15.2. The van der Waals surface area contributed by atoms with E-state index < -0.39 is 6.04 Å². The number of nitrogens with zero attached hydrogens (tertiary/aromatic N) is 3. The summed E-state index contributed by atoms with van der Waals surface area (Å²) in [7, 11) is 1.52. The molecule has 0 saturated carbocycles. The summed E-state index contributed by atoms with van der Waals surface area (Å²) in [6.07, 6.45) is 4.43. The summed E-state index contributed by atoms with van der Waals surface area (Å²) in [5.41, 5.74) is 1.28. The zero-order valence-corrected chi connectivity index (χ0v) is 11.8. The van der Waals surface area contributed by atoms with Crippen LogP contribution in [0.25, 0.3) is 0 Å². The van der Waals surface area contributed by atoms with Crippen LogP contribution in [0.5, 0.6) is 0 Å². The van der Waals surface area contributed by atoms with E-state index in [2.05, 4.69) is 15.4 Å². The molecule has 0 aromatic carbocycles. The Morgan fingerprint density at radius 2 is 2.14 bits per heavy atom. The Balaban J connectivity index is 1.97. The number of rotatable bonds is 5. The van der Waals surface area contributed by atoms with Gasteiger partial charge in [0.15, 0.2) is 0 Å². The Kier molecular flexibility index (Phi) is 4.99. The standard InChI is InChI=1S/C14H18N4O3/c1-18-13(20)3-2-12(17-18)14(21)16-11(9-19)8-10-4-6-15-7-5-10/h4-7,11,19H,2-3,8-9H2,1H3,(H,16,21). The van der Waals surface area contributed by atoms with Gasteiger partial charge in [-0.05, 0) is 24.1 Å². The third kappa shape index (κ3) is 4.09. The van der Waals surface area contributed by atoms with E-state index in [4.69, 9.17) is 0 Å². The fourth-order valence-corrected chi connectivity index (χ4v) is 2.07. The van der Waals surface area contributed by atoms with Crippen molar-refractivity contribution in [1.29, 1.82) is 0 Å². The number of hydrazone groups is 1. The number of aromatic nitrogens is 1. The minimum atomic E-state index is -0.398. The first kappa shape index (κ1) is 15.1. The highest BCUT2D eigenvalue weighted by atomic mass is 16.3. The minimum Gasteiger partial charge on any atom is -0.394 e. The van der Waals surface area contributed by atoms with Gasteiger partial charge in [-0.25, -0.2) is 5.01 Å². The van der Waals surface area contributed by atoms with E-state index in [0.717, 1.165) is 5.56 Å². The van der Waals surface area contributed by atoms with Crippen LogP contribution in [0.15, 0.2) is 29.6 Å². The maximum atomic E-state index is 12.1. The van der Waals surface area contributed by atoms with Crippen molar-refractivity contribution >= 4 is 17.5 Å². The lowest BCUT2D eigenvalue weighted by atomic mass is 10.1. The molecule has 0 fully saturated rings. The summed E-state index contributed by atoms with van der Waals surface area (Å²) >= 11 is 0. The van der Waals surface area contributed by atoms with E-state index in [0.29, 0.717) is 18.6 Å². The van der Waals surface area contributed by atoms with Gasteiger partial charge in [-0.2, -0.15) is 5.10 Å². The Hall–Kier alpha value is -2.28. The molecular formula is C14H18N4O3. The van der Waals surface area contributed by atoms with E-state index in [9.17, 15) is 14.7 Å². The topological polar surface area (TPSA) is 94.9 Å². The van der Waals surface area contributed by atoms with Crippen molar-refractivity contribution in [2.45, 2.75) is 25.3 Å². The lowest BCUT2D eigenvalue weighted by molar-refractivity contribution is -0.130. The molecule has 112 valence electrons. The zero-order valence-electron chi connectivity index (χ0n) is 11.8. The van der Waals surface area contributed by atoms with E-state index in [1.165, 1.54) is 12.1 Å². The van der Waals surface area contributed by atoms with E-state index in [-0.39, 0.29) is 24.8 Å². The van der Waals surface area contributed by atoms with Crippen molar-refractivity contribution in [3.63, 3.8) is 0 Å². The molecule has 2 amide bonds. The van der Waals surface area contributed by atoms with Gasteiger partial charge in [0.2, 0.25) is 5.91 Å². The van der Waals surface area contributed by atoms with Crippen molar-refractivity contribution in [3.05, 3.63) is 30.1 Å². The van der Waals surface area contributed by atoms with E-state index >= 15 is 0 Å². The van der Waals surface area contributed by atoms with E-state index in [1.807, 2.05) is 12.1 Å². The molecule has 21 heavy (non-hydrogen) atoms. The molecule has 2 N–H and O–H groups in total.